The molecule has 39 heavy (non-hydrogen) atoms. The molecule has 5 N–H and O–H groups in total. The van der Waals surface area contributed by atoms with Crippen LogP contribution in [0.25, 0.3) is 0 Å². The van der Waals surface area contributed by atoms with Crippen LogP contribution in [-0.4, -0.2) is 51.3 Å². The molecule has 1 heterocycles. The molecule has 3 aliphatic rings. The normalized spacial score (nSPS) is 39.8. The standard InChI is InChI=1S/C29H38N4O6/c1-6-27(4)12-21(39-26(38)33-25(37)18-9-17(13-30)24(31)32-14-18)28(5)10-19-22(35)20(34)11-29(19,8-7-15(28)2)16(3)23(27)36/h6,9,14-16,19-21,23,34,36H,1,7-8,10-12H2,2-5H3,(H2,31,32)(H,33,37,38)/t15?,16-,19?,20-,21+,23-,27+,28-,29-/m0/s1. The Morgan fingerprint density at radius 2 is 1.97 bits per heavy atom. The van der Waals surface area contributed by atoms with E-state index >= 15 is 0 Å². The van der Waals surface area contributed by atoms with E-state index in [-0.39, 0.29) is 41.0 Å². The number of anilines is 1. The van der Waals surface area contributed by atoms with E-state index in [1.54, 1.807) is 6.08 Å². The number of hydrogen-bond donors (Lipinski definition) is 4. The fourth-order valence-electron chi connectivity index (χ4n) is 7.37. The number of aliphatic hydroxyl groups excluding tert-OH is 2. The maximum atomic E-state index is 13.3. The highest BCUT2D eigenvalue weighted by Gasteiger charge is 2.64. The predicted molar refractivity (Wildman–Crippen MR) is 142 cm³/mol. The van der Waals surface area contributed by atoms with Crippen LogP contribution in [-0.2, 0) is 9.53 Å². The van der Waals surface area contributed by atoms with Crippen LogP contribution in [0.1, 0.15) is 75.7 Å². The Kier molecular flexibility index (Phi) is 7.38. The van der Waals surface area contributed by atoms with Crippen molar-refractivity contribution in [3.63, 3.8) is 0 Å². The molecule has 3 aliphatic carbocycles. The summed E-state index contributed by atoms with van der Waals surface area (Å²) in [5.74, 6) is -1.84. The Balaban J connectivity index is 1.70. The molecule has 0 radical (unpaired) electrons. The molecule has 3 saturated carbocycles. The van der Waals surface area contributed by atoms with Crippen molar-refractivity contribution < 1.29 is 29.3 Å². The lowest BCUT2D eigenvalue weighted by Crippen LogP contribution is -2.49. The van der Waals surface area contributed by atoms with Gasteiger partial charge < -0.3 is 20.7 Å². The Hall–Kier alpha value is -3.29. The number of carbonyl (C=O) groups is 3. The van der Waals surface area contributed by atoms with Gasteiger partial charge in [-0.05, 0) is 55.4 Å². The molecular weight excluding hydrogens is 500 g/mol. The quantitative estimate of drug-likeness (QED) is 0.421. The highest BCUT2D eigenvalue weighted by atomic mass is 16.6. The first-order valence-electron chi connectivity index (χ1n) is 13.4. The summed E-state index contributed by atoms with van der Waals surface area (Å²) < 4.78 is 5.99. The minimum Gasteiger partial charge on any atom is -0.445 e. The molecule has 4 rings (SSSR count). The molecule has 0 spiro atoms. The number of aliphatic hydroxyl groups is 2. The van der Waals surface area contributed by atoms with Crippen LogP contribution < -0.4 is 11.1 Å². The summed E-state index contributed by atoms with van der Waals surface area (Å²) in [6.07, 6.45) is 1.34. The number of rotatable bonds is 3. The predicted octanol–water partition coefficient (Wildman–Crippen LogP) is 3.13. The number of aromatic nitrogens is 1. The van der Waals surface area contributed by atoms with Gasteiger partial charge in [0.05, 0.1) is 17.2 Å². The van der Waals surface area contributed by atoms with E-state index in [2.05, 4.69) is 23.8 Å². The van der Waals surface area contributed by atoms with E-state index in [4.69, 9.17) is 10.5 Å². The summed E-state index contributed by atoms with van der Waals surface area (Å²) in [6.45, 7) is 11.9. The van der Waals surface area contributed by atoms with Crippen LogP contribution in [0.5, 0.6) is 0 Å². The Morgan fingerprint density at radius 1 is 1.28 bits per heavy atom. The van der Waals surface area contributed by atoms with Gasteiger partial charge in [0.25, 0.3) is 5.91 Å². The molecule has 0 aromatic carbocycles. The van der Waals surface area contributed by atoms with Crippen molar-refractivity contribution in [2.24, 2.45) is 34.0 Å². The fraction of sp³-hybridized carbons (Fsp3) is 0.621. The van der Waals surface area contributed by atoms with E-state index in [0.717, 1.165) is 12.6 Å². The second kappa shape index (κ2) is 10.0. The summed E-state index contributed by atoms with van der Waals surface area (Å²) in [5.41, 5.74) is 3.44. The number of fused-ring (bicyclic) bond motifs is 1. The van der Waals surface area contributed by atoms with Gasteiger partial charge in [-0.3, -0.25) is 14.9 Å². The largest absolute Gasteiger partial charge is 0.445 e. The third kappa shape index (κ3) is 4.61. The highest BCUT2D eigenvalue weighted by Crippen LogP contribution is 2.63. The number of carbonyl (C=O) groups excluding carboxylic acids is 3. The summed E-state index contributed by atoms with van der Waals surface area (Å²) in [7, 11) is 0. The number of nitriles is 1. The Bertz CT molecular complexity index is 1240. The molecule has 10 heteroatoms. The number of nitrogen functional groups attached to an aromatic ring is 1. The van der Waals surface area contributed by atoms with Gasteiger partial charge >= 0.3 is 6.09 Å². The van der Waals surface area contributed by atoms with Crippen molar-refractivity contribution in [3.8, 4) is 6.07 Å². The second-order valence-corrected chi connectivity index (χ2v) is 12.3. The molecule has 210 valence electrons. The zero-order valence-corrected chi connectivity index (χ0v) is 22.9. The number of alkyl carbamates (subject to hydrolysis) is 1. The molecule has 9 atom stereocenters. The van der Waals surface area contributed by atoms with Crippen molar-refractivity contribution in [1.29, 1.82) is 5.26 Å². The zero-order chi connectivity index (χ0) is 28.9. The fourth-order valence-corrected chi connectivity index (χ4v) is 7.37. The van der Waals surface area contributed by atoms with Gasteiger partial charge in [0.1, 0.15) is 24.1 Å². The van der Waals surface area contributed by atoms with Gasteiger partial charge in [0, 0.05) is 22.9 Å². The number of ketones is 1. The maximum Gasteiger partial charge on any atom is 0.414 e. The summed E-state index contributed by atoms with van der Waals surface area (Å²) in [5, 5.41) is 33.8. The van der Waals surface area contributed by atoms with Crippen molar-refractivity contribution in [2.75, 3.05) is 5.73 Å². The second-order valence-electron chi connectivity index (χ2n) is 12.3. The molecule has 10 nitrogen and oxygen atoms in total. The topological polar surface area (TPSA) is 176 Å². The van der Waals surface area contributed by atoms with E-state index in [9.17, 15) is 29.9 Å². The molecule has 0 saturated heterocycles. The number of amides is 2. The molecule has 0 aliphatic heterocycles. The lowest BCUT2D eigenvalue weighted by atomic mass is 9.60. The number of ether oxygens (including phenoxy) is 1. The van der Waals surface area contributed by atoms with Crippen LogP contribution in [0.3, 0.4) is 0 Å². The monoisotopic (exact) mass is 538 g/mol. The molecule has 3 fully saturated rings. The average molecular weight is 539 g/mol. The van der Waals surface area contributed by atoms with Gasteiger partial charge in [0.2, 0.25) is 0 Å². The number of nitrogens with one attached hydrogen (secondary N) is 1. The molecule has 2 bridgehead atoms. The maximum absolute atomic E-state index is 13.3. The Labute approximate surface area is 228 Å². The lowest BCUT2D eigenvalue weighted by Gasteiger charge is -2.47. The van der Waals surface area contributed by atoms with E-state index < -0.39 is 52.5 Å². The number of Topliss-reactive ketones (excluding diaryl/α,β-unsaturated/α-hetero) is 1. The van der Waals surface area contributed by atoms with Crippen LogP contribution in [0.2, 0.25) is 0 Å². The van der Waals surface area contributed by atoms with Crippen LogP contribution in [0.15, 0.2) is 24.9 Å². The summed E-state index contributed by atoms with van der Waals surface area (Å²) >= 11 is 0. The van der Waals surface area contributed by atoms with Crippen molar-refractivity contribution in [2.45, 2.75) is 78.1 Å². The lowest BCUT2D eigenvalue weighted by molar-refractivity contribution is -0.130. The van der Waals surface area contributed by atoms with E-state index in [1.165, 1.54) is 6.07 Å². The first-order chi connectivity index (χ1) is 18.2. The smallest absolute Gasteiger partial charge is 0.414 e. The van der Waals surface area contributed by atoms with Gasteiger partial charge in [-0.1, -0.05) is 33.8 Å². The molecule has 2 amide bonds. The number of nitrogens with two attached hydrogens (primary N) is 1. The SMILES string of the molecule is C=C[C@]1(C)C[C@@H](OC(=O)NC(=O)c2cnc(N)c(C#N)c2)[C@@]2(C)CC3C(=O)[C@@H](O)C[C@@]3(CCC2C)[C@@H](C)[C@@H]1O. The van der Waals surface area contributed by atoms with Gasteiger partial charge in [-0.25, -0.2) is 9.78 Å². The molecule has 1 aromatic heterocycles. The molecular formula is C29H38N4O6. The van der Waals surface area contributed by atoms with Gasteiger partial charge in [-0.15, -0.1) is 6.58 Å². The number of pyridine rings is 1. The van der Waals surface area contributed by atoms with Crippen LogP contribution in [0.4, 0.5) is 10.6 Å². The Morgan fingerprint density at radius 3 is 2.62 bits per heavy atom. The van der Waals surface area contributed by atoms with Crippen molar-refractivity contribution in [3.05, 3.63) is 36.0 Å². The van der Waals surface area contributed by atoms with Gasteiger partial charge in [-0.2, -0.15) is 5.26 Å². The number of nitrogens with zero attached hydrogens (tertiary/aromatic N) is 2. The highest BCUT2D eigenvalue weighted by molar-refractivity contribution is 6.03. The molecule has 1 aromatic rings. The van der Waals surface area contributed by atoms with E-state index in [1.807, 2.05) is 26.8 Å². The number of hydrogen-bond acceptors (Lipinski definition) is 9. The zero-order valence-electron chi connectivity index (χ0n) is 22.9. The minimum atomic E-state index is -1.09. The average Bonchev–Trinajstić information content (AvgIpc) is 3.08. The summed E-state index contributed by atoms with van der Waals surface area (Å²) in [4.78, 5) is 43.1. The van der Waals surface area contributed by atoms with Crippen LogP contribution >= 0.6 is 0 Å². The first kappa shape index (κ1) is 28.7. The summed E-state index contributed by atoms with van der Waals surface area (Å²) in [6, 6.07) is 3.09. The third-order valence-electron chi connectivity index (χ3n) is 10.4. The van der Waals surface area contributed by atoms with Crippen molar-refractivity contribution in [1.82, 2.24) is 10.3 Å². The molecule has 2 unspecified atom stereocenters. The van der Waals surface area contributed by atoms with Crippen LogP contribution in [0, 0.1) is 45.3 Å². The first-order valence-corrected chi connectivity index (χ1v) is 13.4. The van der Waals surface area contributed by atoms with Crippen molar-refractivity contribution >= 4 is 23.6 Å². The number of imide groups is 1. The van der Waals surface area contributed by atoms with Gasteiger partial charge in [0.15, 0.2) is 5.78 Å². The minimum absolute atomic E-state index is 0.00355. The van der Waals surface area contributed by atoms with E-state index in [0.29, 0.717) is 19.3 Å². The third-order valence-corrected chi connectivity index (χ3v) is 10.4.